The lowest BCUT2D eigenvalue weighted by Gasteiger charge is -2.23. The van der Waals surface area contributed by atoms with Crippen LogP contribution in [-0.4, -0.2) is 51.7 Å². The molecule has 1 unspecified atom stereocenters. The molecule has 1 aliphatic carbocycles. The zero-order valence-electron chi connectivity index (χ0n) is 12.4. The Kier molecular flexibility index (Phi) is 3.85. The second-order valence-electron chi connectivity index (χ2n) is 5.68. The van der Waals surface area contributed by atoms with Crippen molar-refractivity contribution in [2.75, 3.05) is 13.2 Å². The number of nitrogens with zero attached hydrogens (tertiary/aromatic N) is 1. The van der Waals surface area contributed by atoms with E-state index in [1.807, 2.05) is 0 Å². The van der Waals surface area contributed by atoms with E-state index in [1.165, 1.54) is 6.20 Å². The molecule has 2 N–H and O–H groups in total. The minimum atomic E-state index is -1.96. The number of carbonyl (C=O) groups is 1. The number of aliphatic hydroxyl groups is 1. The molecule has 2 fully saturated rings. The lowest BCUT2D eigenvalue weighted by Crippen LogP contribution is -2.37. The number of esters is 1. The zero-order valence-corrected chi connectivity index (χ0v) is 12.4. The van der Waals surface area contributed by atoms with Crippen LogP contribution in [0.1, 0.15) is 19.4 Å². The Hall–Kier alpha value is -2.00. The maximum atomic E-state index is 15.3. The number of hydrogen-bond donors (Lipinski definition) is 2. The third-order valence-corrected chi connectivity index (χ3v) is 4.43. The van der Waals surface area contributed by atoms with Gasteiger partial charge in [0, 0.05) is 18.2 Å². The molecule has 2 aliphatic rings. The first-order valence-corrected chi connectivity index (χ1v) is 7.35. The van der Waals surface area contributed by atoms with Crippen molar-refractivity contribution < 1.29 is 23.8 Å². The van der Waals surface area contributed by atoms with Gasteiger partial charge in [-0.3, -0.25) is 19.1 Å². The first-order valence-electron chi connectivity index (χ1n) is 7.35. The molecule has 0 bridgehead atoms. The Balaban J connectivity index is 1.87. The molecule has 3 rings (SSSR count). The van der Waals surface area contributed by atoms with E-state index in [2.05, 4.69) is 4.98 Å². The highest BCUT2D eigenvalue weighted by Gasteiger charge is 2.79. The van der Waals surface area contributed by atoms with E-state index in [1.54, 1.807) is 6.92 Å². The normalized spacial score (nSPS) is 34.9. The monoisotopic (exact) mass is 328 g/mol. The molecule has 8 nitrogen and oxygen atoms in total. The highest BCUT2D eigenvalue weighted by atomic mass is 19.1. The Morgan fingerprint density at radius 1 is 1.57 bits per heavy atom. The molecule has 23 heavy (non-hydrogen) atoms. The van der Waals surface area contributed by atoms with Gasteiger partial charge >= 0.3 is 11.7 Å². The SMILES string of the molecule is CCOC(=O)C[C@@H]1[C@@H](CO)O[C@H]2C(n3ccc(=O)[nH]c3=O)[C@@]12F. The Morgan fingerprint density at radius 3 is 2.91 bits per heavy atom. The second kappa shape index (κ2) is 5.57. The summed E-state index contributed by atoms with van der Waals surface area (Å²) in [5, 5.41) is 9.32. The van der Waals surface area contributed by atoms with Crippen molar-refractivity contribution in [3.05, 3.63) is 33.1 Å². The van der Waals surface area contributed by atoms with Crippen LogP contribution in [0.2, 0.25) is 0 Å². The molecule has 0 spiro atoms. The molecule has 1 aromatic rings. The standard InChI is InChI=1S/C14H17FN2O6/c1-2-22-10(20)5-7-8(6-18)23-12-11(14(7,12)15)17-4-3-9(19)16-13(17)21/h3-4,7-8,11-12,18H,2,5-6H2,1H3,(H,16,19,21)/t7-,8-,11?,12+,14+/m1/s1. The number of hydrogen-bond acceptors (Lipinski definition) is 6. The van der Waals surface area contributed by atoms with E-state index in [9.17, 15) is 19.5 Å². The van der Waals surface area contributed by atoms with E-state index < -0.39 is 53.7 Å². The predicted octanol–water partition coefficient (Wildman–Crippen LogP) is -0.871. The highest BCUT2D eigenvalue weighted by molar-refractivity contribution is 5.70. The lowest BCUT2D eigenvalue weighted by molar-refractivity contribution is -0.146. The van der Waals surface area contributed by atoms with Gasteiger partial charge in [0.05, 0.1) is 25.7 Å². The van der Waals surface area contributed by atoms with Gasteiger partial charge in [-0.1, -0.05) is 0 Å². The molecule has 5 atom stereocenters. The van der Waals surface area contributed by atoms with Crippen LogP contribution in [0, 0.1) is 5.92 Å². The maximum Gasteiger partial charge on any atom is 0.328 e. The number of aromatic nitrogens is 2. The zero-order chi connectivity index (χ0) is 16.8. The number of halogens is 1. The molecule has 126 valence electrons. The number of rotatable bonds is 5. The Labute approximate surface area is 129 Å². The summed E-state index contributed by atoms with van der Waals surface area (Å²) < 4.78 is 26.7. The van der Waals surface area contributed by atoms with Crippen LogP contribution in [0.3, 0.4) is 0 Å². The molecule has 1 saturated heterocycles. The summed E-state index contributed by atoms with van der Waals surface area (Å²) >= 11 is 0. The van der Waals surface area contributed by atoms with E-state index in [0.29, 0.717) is 0 Å². The number of aliphatic hydroxyl groups excluding tert-OH is 1. The largest absolute Gasteiger partial charge is 0.466 e. The van der Waals surface area contributed by atoms with E-state index >= 15 is 4.39 Å². The number of aromatic amines is 1. The molecular weight excluding hydrogens is 311 g/mol. The summed E-state index contributed by atoms with van der Waals surface area (Å²) in [6, 6.07) is 0.178. The van der Waals surface area contributed by atoms with Crippen molar-refractivity contribution in [3.8, 4) is 0 Å². The molecule has 2 heterocycles. The lowest BCUT2D eigenvalue weighted by atomic mass is 9.92. The summed E-state index contributed by atoms with van der Waals surface area (Å²) in [6.45, 7) is 1.38. The van der Waals surface area contributed by atoms with E-state index in [-0.39, 0.29) is 13.0 Å². The van der Waals surface area contributed by atoms with Gasteiger partial charge in [-0.2, -0.15) is 0 Å². The molecule has 1 saturated carbocycles. The number of H-pyrrole nitrogens is 1. The fourth-order valence-corrected chi connectivity index (χ4v) is 3.37. The average molecular weight is 328 g/mol. The minimum absolute atomic E-state index is 0.168. The van der Waals surface area contributed by atoms with Crippen LogP contribution in [-0.2, 0) is 14.3 Å². The number of nitrogens with one attached hydrogen (secondary N) is 1. The number of alkyl halides is 1. The summed E-state index contributed by atoms with van der Waals surface area (Å²) in [7, 11) is 0. The highest BCUT2D eigenvalue weighted by Crippen LogP contribution is 2.64. The second-order valence-corrected chi connectivity index (χ2v) is 5.68. The Bertz CT molecular complexity index is 730. The van der Waals surface area contributed by atoms with E-state index in [0.717, 1.165) is 10.6 Å². The van der Waals surface area contributed by atoms with Crippen molar-refractivity contribution >= 4 is 5.97 Å². The first kappa shape index (κ1) is 15.9. The smallest absolute Gasteiger partial charge is 0.328 e. The van der Waals surface area contributed by atoms with Gasteiger partial charge in [0.15, 0.2) is 5.67 Å². The number of fused-ring (bicyclic) bond motifs is 1. The molecule has 9 heteroatoms. The van der Waals surface area contributed by atoms with Crippen molar-refractivity contribution in [2.24, 2.45) is 5.92 Å². The molecule has 1 aliphatic heterocycles. The molecule has 0 radical (unpaired) electrons. The van der Waals surface area contributed by atoms with Gasteiger partial charge in [0.2, 0.25) is 0 Å². The van der Waals surface area contributed by atoms with Gasteiger partial charge in [-0.15, -0.1) is 0 Å². The van der Waals surface area contributed by atoms with Gasteiger partial charge in [-0.05, 0) is 6.92 Å². The molecule has 0 amide bonds. The van der Waals surface area contributed by atoms with Crippen LogP contribution in [0.5, 0.6) is 0 Å². The summed E-state index contributed by atoms with van der Waals surface area (Å²) in [5.41, 5.74) is -3.28. The van der Waals surface area contributed by atoms with Crippen molar-refractivity contribution in [1.82, 2.24) is 9.55 Å². The quantitative estimate of drug-likeness (QED) is 0.680. The minimum Gasteiger partial charge on any atom is -0.466 e. The molecule has 0 aromatic carbocycles. The fourth-order valence-electron chi connectivity index (χ4n) is 3.37. The third kappa shape index (κ3) is 2.40. The topological polar surface area (TPSA) is 111 Å². The van der Waals surface area contributed by atoms with Crippen molar-refractivity contribution in [3.63, 3.8) is 0 Å². The number of carbonyl (C=O) groups excluding carboxylic acids is 1. The molecular formula is C14H17FN2O6. The molecule has 1 aromatic heterocycles. The van der Waals surface area contributed by atoms with Crippen LogP contribution >= 0.6 is 0 Å². The number of ether oxygens (including phenoxy) is 2. The van der Waals surface area contributed by atoms with Crippen LogP contribution in [0.4, 0.5) is 4.39 Å². The summed E-state index contributed by atoms with van der Waals surface area (Å²) in [6.07, 6.45) is -0.822. The average Bonchev–Trinajstić information content (AvgIpc) is 2.97. The Morgan fingerprint density at radius 2 is 2.30 bits per heavy atom. The predicted molar refractivity (Wildman–Crippen MR) is 74.7 cm³/mol. The first-order chi connectivity index (χ1) is 10.9. The van der Waals surface area contributed by atoms with Crippen LogP contribution in [0.25, 0.3) is 0 Å². The van der Waals surface area contributed by atoms with Gasteiger partial charge in [-0.25, -0.2) is 9.18 Å². The van der Waals surface area contributed by atoms with Gasteiger partial charge in [0.25, 0.3) is 5.56 Å². The van der Waals surface area contributed by atoms with Crippen molar-refractivity contribution in [1.29, 1.82) is 0 Å². The van der Waals surface area contributed by atoms with E-state index in [4.69, 9.17) is 9.47 Å². The third-order valence-electron chi connectivity index (χ3n) is 4.43. The van der Waals surface area contributed by atoms with Gasteiger partial charge in [0.1, 0.15) is 12.1 Å². The maximum absolute atomic E-state index is 15.3. The van der Waals surface area contributed by atoms with Crippen LogP contribution in [0.15, 0.2) is 21.9 Å². The summed E-state index contributed by atoms with van der Waals surface area (Å²) in [4.78, 5) is 36.7. The van der Waals surface area contributed by atoms with Gasteiger partial charge < -0.3 is 14.6 Å². The fraction of sp³-hybridized carbons (Fsp3) is 0.643. The van der Waals surface area contributed by atoms with Crippen molar-refractivity contribution in [2.45, 2.75) is 37.3 Å². The summed E-state index contributed by atoms with van der Waals surface area (Å²) in [5.74, 6) is -1.50. The van der Waals surface area contributed by atoms with Crippen LogP contribution < -0.4 is 11.2 Å².